The van der Waals surface area contributed by atoms with Gasteiger partial charge in [0.25, 0.3) is 0 Å². The van der Waals surface area contributed by atoms with E-state index < -0.39 is 0 Å². The van der Waals surface area contributed by atoms with Gasteiger partial charge in [0, 0.05) is 11.2 Å². The van der Waals surface area contributed by atoms with Gasteiger partial charge >= 0.3 is 0 Å². The second kappa shape index (κ2) is 3.70. The van der Waals surface area contributed by atoms with E-state index in [0.29, 0.717) is 0 Å². The SMILES string of the molecule is Cc1ccc2c(NC(C)(C)C)ncnc2n1. The van der Waals surface area contributed by atoms with E-state index in [2.05, 4.69) is 41.0 Å². The van der Waals surface area contributed by atoms with Crippen LogP contribution in [0.3, 0.4) is 0 Å². The lowest BCUT2D eigenvalue weighted by atomic mass is 10.1. The standard InChI is InChI=1S/C12H16N4/c1-8-5-6-9-10(15-8)13-7-14-11(9)16-12(2,3)4/h5-7H,1-4H3,(H,13,14,15,16). The van der Waals surface area contributed by atoms with Gasteiger partial charge in [0.1, 0.15) is 12.1 Å². The zero-order valence-electron chi connectivity index (χ0n) is 10.1. The Labute approximate surface area is 95.1 Å². The molecule has 0 amide bonds. The highest BCUT2D eigenvalue weighted by atomic mass is 15.1. The van der Waals surface area contributed by atoms with Crippen molar-refractivity contribution in [2.45, 2.75) is 33.2 Å². The molecule has 0 atom stereocenters. The highest BCUT2D eigenvalue weighted by Gasteiger charge is 2.13. The van der Waals surface area contributed by atoms with Gasteiger partial charge < -0.3 is 5.32 Å². The molecule has 2 heterocycles. The second-order valence-electron chi connectivity index (χ2n) is 4.92. The van der Waals surface area contributed by atoms with E-state index in [9.17, 15) is 0 Å². The van der Waals surface area contributed by atoms with Crippen LogP contribution in [-0.2, 0) is 0 Å². The maximum atomic E-state index is 4.38. The summed E-state index contributed by atoms with van der Waals surface area (Å²) in [6.45, 7) is 8.26. The molecule has 0 aromatic carbocycles. The molecule has 0 bridgehead atoms. The maximum absolute atomic E-state index is 4.38. The Balaban J connectivity index is 2.54. The van der Waals surface area contributed by atoms with Crippen LogP contribution in [0.15, 0.2) is 18.5 Å². The van der Waals surface area contributed by atoms with Crippen molar-refractivity contribution in [1.82, 2.24) is 15.0 Å². The van der Waals surface area contributed by atoms with Crippen molar-refractivity contribution in [3.8, 4) is 0 Å². The van der Waals surface area contributed by atoms with Crippen molar-refractivity contribution >= 4 is 16.9 Å². The van der Waals surface area contributed by atoms with E-state index in [4.69, 9.17) is 0 Å². The van der Waals surface area contributed by atoms with Crippen LogP contribution in [0.25, 0.3) is 11.0 Å². The zero-order valence-corrected chi connectivity index (χ0v) is 10.1. The van der Waals surface area contributed by atoms with E-state index >= 15 is 0 Å². The summed E-state index contributed by atoms with van der Waals surface area (Å²) in [7, 11) is 0. The van der Waals surface area contributed by atoms with E-state index in [-0.39, 0.29) is 5.54 Å². The molecule has 2 aromatic heterocycles. The predicted octanol–water partition coefficient (Wildman–Crippen LogP) is 2.54. The summed E-state index contributed by atoms with van der Waals surface area (Å²) in [4.78, 5) is 12.8. The molecular formula is C12H16N4. The quantitative estimate of drug-likeness (QED) is 0.796. The van der Waals surface area contributed by atoms with E-state index in [1.165, 1.54) is 0 Å². The zero-order chi connectivity index (χ0) is 11.8. The molecule has 84 valence electrons. The summed E-state index contributed by atoms with van der Waals surface area (Å²) in [5.74, 6) is 0.838. The topological polar surface area (TPSA) is 50.7 Å². The average molecular weight is 216 g/mol. The van der Waals surface area contributed by atoms with Crippen LogP contribution >= 0.6 is 0 Å². The first-order valence-corrected chi connectivity index (χ1v) is 5.32. The first kappa shape index (κ1) is 10.8. The number of rotatable bonds is 1. The van der Waals surface area contributed by atoms with Crippen molar-refractivity contribution in [3.63, 3.8) is 0 Å². The lowest BCUT2D eigenvalue weighted by molar-refractivity contribution is 0.631. The van der Waals surface area contributed by atoms with Gasteiger partial charge in [-0.25, -0.2) is 15.0 Å². The molecule has 0 radical (unpaired) electrons. The third-order valence-corrected chi connectivity index (χ3v) is 2.13. The molecule has 1 N–H and O–H groups in total. The van der Waals surface area contributed by atoms with Crippen LogP contribution in [-0.4, -0.2) is 20.5 Å². The molecule has 0 aliphatic heterocycles. The Hall–Kier alpha value is -1.71. The van der Waals surface area contributed by atoms with Gasteiger partial charge in [-0.1, -0.05) is 0 Å². The van der Waals surface area contributed by atoms with Gasteiger partial charge in [-0.15, -0.1) is 0 Å². The Bertz CT molecular complexity index is 514. The van der Waals surface area contributed by atoms with Gasteiger partial charge in [0.2, 0.25) is 0 Å². The number of nitrogens with zero attached hydrogens (tertiary/aromatic N) is 3. The van der Waals surface area contributed by atoms with Crippen LogP contribution < -0.4 is 5.32 Å². The lowest BCUT2D eigenvalue weighted by Crippen LogP contribution is -2.26. The van der Waals surface area contributed by atoms with Crippen molar-refractivity contribution in [1.29, 1.82) is 0 Å². The normalized spacial score (nSPS) is 11.8. The minimum atomic E-state index is -0.0217. The number of anilines is 1. The lowest BCUT2D eigenvalue weighted by Gasteiger charge is -2.21. The molecule has 4 nitrogen and oxygen atoms in total. The van der Waals surface area contributed by atoms with Crippen molar-refractivity contribution in [2.24, 2.45) is 0 Å². The molecule has 16 heavy (non-hydrogen) atoms. The summed E-state index contributed by atoms with van der Waals surface area (Å²) >= 11 is 0. The Morgan fingerprint density at radius 2 is 1.88 bits per heavy atom. The molecule has 0 aliphatic carbocycles. The third-order valence-electron chi connectivity index (χ3n) is 2.13. The first-order chi connectivity index (χ1) is 7.46. The first-order valence-electron chi connectivity index (χ1n) is 5.32. The molecule has 2 aromatic rings. The molecule has 4 heteroatoms. The average Bonchev–Trinajstić information content (AvgIpc) is 2.15. The fourth-order valence-corrected chi connectivity index (χ4v) is 1.49. The number of nitrogens with one attached hydrogen (secondary N) is 1. The van der Waals surface area contributed by atoms with E-state index in [1.807, 2.05) is 19.1 Å². The molecule has 0 unspecified atom stereocenters. The van der Waals surface area contributed by atoms with Crippen molar-refractivity contribution < 1.29 is 0 Å². The number of hydrogen-bond acceptors (Lipinski definition) is 4. The molecule has 0 aliphatic rings. The van der Waals surface area contributed by atoms with Crippen LogP contribution in [0, 0.1) is 6.92 Å². The summed E-state index contributed by atoms with van der Waals surface area (Å²) in [5, 5.41) is 4.31. The van der Waals surface area contributed by atoms with Crippen molar-refractivity contribution in [2.75, 3.05) is 5.32 Å². The molecule has 0 spiro atoms. The number of pyridine rings is 1. The van der Waals surface area contributed by atoms with Gasteiger partial charge in [-0.3, -0.25) is 0 Å². The van der Waals surface area contributed by atoms with Gasteiger partial charge in [0.05, 0.1) is 5.39 Å². The molecule has 0 saturated carbocycles. The largest absolute Gasteiger partial charge is 0.365 e. The van der Waals surface area contributed by atoms with E-state index in [0.717, 1.165) is 22.5 Å². The second-order valence-corrected chi connectivity index (χ2v) is 4.92. The summed E-state index contributed by atoms with van der Waals surface area (Å²) in [6, 6.07) is 3.98. The molecule has 0 saturated heterocycles. The maximum Gasteiger partial charge on any atom is 0.164 e. The monoisotopic (exact) mass is 216 g/mol. The Kier molecular flexibility index (Phi) is 2.50. The smallest absolute Gasteiger partial charge is 0.164 e. The van der Waals surface area contributed by atoms with Crippen LogP contribution in [0.4, 0.5) is 5.82 Å². The minimum absolute atomic E-state index is 0.0217. The summed E-state index contributed by atoms with van der Waals surface area (Å²) in [5.41, 5.74) is 1.68. The Morgan fingerprint density at radius 3 is 2.56 bits per heavy atom. The summed E-state index contributed by atoms with van der Waals surface area (Å²) < 4.78 is 0. The molecule has 2 rings (SSSR count). The minimum Gasteiger partial charge on any atom is -0.365 e. The fourth-order valence-electron chi connectivity index (χ4n) is 1.49. The fraction of sp³-hybridized carbons (Fsp3) is 0.417. The Morgan fingerprint density at radius 1 is 1.12 bits per heavy atom. The predicted molar refractivity (Wildman–Crippen MR) is 65.4 cm³/mol. The number of hydrogen-bond donors (Lipinski definition) is 1. The number of aryl methyl sites for hydroxylation is 1. The third kappa shape index (κ3) is 2.27. The van der Waals surface area contributed by atoms with Gasteiger partial charge in [-0.2, -0.15) is 0 Å². The number of fused-ring (bicyclic) bond motifs is 1. The molecular weight excluding hydrogens is 200 g/mol. The van der Waals surface area contributed by atoms with E-state index in [1.54, 1.807) is 6.33 Å². The van der Waals surface area contributed by atoms with Gasteiger partial charge in [0.15, 0.2) is 5.65 Å². The number of aromatic nitrogens is 3. The molecule has 0 fully saturated rings. The highest BCUT2D eigenvalue weighted by molar-refractivity contribution is 5.86. The highest BCUT2D eigenvalue weighted by Crippen LogP contribution is 2.20. The van der Waals surface area contributed by atoms with Crippen LogP contribution in [0.1, 0.15) is 26.5 Å². The van der Waals surface area contributed by atoms with Crippen LogP contribution in [0.2, 0.25) is 0 Å². The van der Waals surface area contributed by atoms with Gasteiger partial charge in [-0.05, 0) is 39.8 Å². The van der Waals surface area contributed by atoms with Crippen LogP contribution in [0.5, 0.6) is 0 Å². The van der Waals surface area contributed by atoms with Crippen molar-refractivity contribution in [3.05, 3.63) is 24.2 Å². The summed E-state index contributed by atoms with van der Waals surface area (Å²) in [6.07, 6.45) is 1.54.